The minimum Gasteiger partial charge on any atom is -0.469 e. The third kappa shape index (κ3) is 4.36. The van der Waals surface area contributed by atoms with Gasteiger partial charge in [0.2, 0.25) is 5.95 Å². The first-order valence-electron chi connectivity index (χ1n) is 10.5. The second-order valence-electron chi connectivity index (χ2n) is 7.82. The van der Waals surface area contributed by atoms with Crippen molar-refractivity contribution in [1.29, 1.82) is 0 Å². The predicted octanol–water partition coefficient (Wildman–Crippen LogP) is 3.80. The lowest BCUT2D eigenvalue weighted by Gasteiger charge is -2.30. The highest BCUT2D eigenvalue weighted by Gasteiger charge is 2.30. The van der Waals surface area contributed by atoms with E-state index in [0.29, 0.717) is 23.6 Å². The van der Waals surface area contributed by atoms with Crippen molar-refractivity contribution in [2.75, 3.05) is 25.1 Å². The topological polar surface area (TPSA) is 64.4 Å². The summed E-state index contributed by atoms with van der Waals surface area (Å²) in [5.74, 6) is -0.332. The fraction of sp³-hybridized carbons (Fsp3) is 0.522. The van der Waals surface area contributed by atoms with Crippen LogP contribution in [0.4, 0.5) is 5.95 Å². The van der Waals surface area contributed by atoms with Gasteiger partial charge in [0.15, 0.2) is 0 Å². The molecule has 2 heterocycles. The first kappa shape index (κ1) is 21.1. The molecule has 1 saturated heterocycles. The van der Waals surface area contributed by atoms with Crippen LogP contribution in [0.5, 0.6) is 0 Å². The molecular weight excluding hydrogens is 366 g/mol. The molecule has 0 N–H and O–H groups in total. The van der Waals surface area contributed by atoms with Crippen LogP contribution >= 0.6 is 0 Å². The summed E-state index contributed by atoms with van der Waals surface area (Å²) in [7, 11) is 3.12. The van der Waals surface area contributed by atoms with Gasteiger partial charge in [-0.15, -0.1) is 0 Å². The molecule has 0 amide bonds. The molecule has 1 aromatic heterocycles. The van der Waals surface area contributed by atoms with Crippen LogP contribution in [0.25, 0.3) is 11.3 Å². The van der Waals surface area contributed by atoms with Gasteiger partial charge in [-0.05, 0) is 32.6 Å². The molecule has 29 heavy (non-hydrogen) atoms. The third-order valence-electron chi connectivity index (χ3n) is 5.68. The Balaban J connectivity index is 2.24. The number of hydrogen-bond donors (Lipinski definition) is 0. The Labute approximate surface area is 172 Å². The number of carbonyl (C=O) groups is 1. The normalized spacial score (nSPS) is 15.2. The van der Waals surface area contributed by atoms with E-state index in [1.54, 1.807) is 11.6 Å². The van der Waals surface area contributed by atoms with Crippen molar-refractivity contribution in [2.24, 2.45) is 7.05 Å². The van der Waals surface area contributed by atoms with Crippen LogP contribution in [0.3, 0.4) is 0 Å². The van der Waals surface area contributed by atoms with E-state index in [1.165, 1.54) is 13.5 Å². The van der Waals surface area contributed by atoms with Gasteiger partial charge in [-0.2, -0.15) is 0 Å². The van der Waals surface area contributed by atoms with E-state index in [1.807, 2.05) is 38.1 Å². The van der Waals surface area contributed by atoms with E-state index in [-0.39, 0.29) is 11.5 Å². The molecule has 156 valence electrons. The van der Waals surface area contributed by atoms with Crippen molar-refractivity contribution in [3.05, 3.63) is 45.7 Å². The number of methoxy groups -OCH3 is 1. The van der Waals surface area contributed by atoms with Crippen molar-refractivity contribution in [3.8, 4) is 11.3 Å². The Morgan fingerprint density at radius 2 is 1.83 bits per heavy atom. The zero-order valence-electron chi connectivity index (χ0n) is 17.9. The molecule has 0 spiro atoms. The molecule has 3 rings (SSSR count). The molecule has 6 nitrogen and oxygen atoms in total. The lowest BCUT2D eigenvalue weighted by Crippen LogP contribution is -2.38. The average molecular weight is 398 g/mol. The molecule has 1 unspecified atom stereocenters. The van der Waals surface area contributed by atoms with Crippen LogP contribution in [0.15, 0.2) is 29.1 Å². The molecule has 1 atom stereocenters. The number of aryl methyl sites for hydroxylation is 1. The summed E-state index contributed by atoms with van der Waals surface area (Å²) in [6.45, 7) is 5.81. The van der Waals surface area contributed by atoms with Crippen molar-refractivity contribution in [1.82, 2.24) is 9.55 Å². The Hall–Kier alpha value is -2.63. The smallest absolute Gasteiger partial charge is 0.313 e. The van der Waals surface area contributed by atoms with Crippen LogP contribution < -0.4 is 10.5 Å². The zero-order chi connectivity index (χ0) is 21.0. The van der Waals surface area contributed by atoms with Crippen molar-refractivity contribution in [2.45, 2.75) is 51.9 Å². The molecule has 1 aromatic carbocycles. The lowest BCUT2D eigenvalue weighted by atomic mass is 9.91. The Bertz CT molecular complexity index is 912. The number of esters is 1. The summed E-state index contributed by atoms with van der Waals surface area (Å²) in [5, 5.41) is 0. The predicted molar refractivity (Wildman–Crippen MR) is 115 cm³/mol. The monoisotopic (exact) mass is 397 g/mol. The van der Waals surface area contributed by atoms with Crippen molar-refractivity contribution in [3.63, 3.8) is 0 Å². The van der Waals surface area contributed by atoms with E-state index in [0.717, 1.165) is 43.5 Å². The second-order valence-corrected chi connectivity index (χ2v) is 7.82. The van der Waals surface area contributed by atoms with Gasteiger partial charge in [-0.1, -0.05) is 43.2 Å². The summed E-state index contributed by atoms with van der Waals surface area (Å²) in [4.78, 5) is 33.2. The molecule has 0 radical (unpaired) electrons. The number of hydrogen-bond acceptors (Lipinski definition) is 5. The summed E-state index contributed by atoms with van der Waals surface area (Å²) in [6, 6.07) is 7.96. The molecule has 1 fully saturated rings. The van der Waals surface area contributed by atoms with Crippen molar-refractivity contribution >= 4 is 11.9 Å². The molecule has 0 saturated carbocycles. The van der Waals surface area contributed by atoms with Crippen LogP contribution in [0, 0.1) is 6.92 Å². The highest BCUT2D eigenvalue weighted by atomic mass is 16.5. The van der Waals surface area contributed by atoms with Crippen LogP contribution in [0.2, 0.25) is 0 Å². The van der Waals surface area contributed by atoms with Crippen LogP contribution in [-0.2, 0) is 16.6 Å². The number of rotatable bonds is 6. The maximum absolute atomic E-state index is 13.5. The van der Waals surface area contributed by atoms with Crippen LogP contribution in [-0.4, -0.2) is 35.7 Å². The maximum Gasteiger partial charge on any atom is 0.313 e. The van der Waals surface area contributed by atoms with E-state index in [9.17, 15) is 9.59 Å². The minimum atomic E-state index is -0.622. The number of anilines is 1. The van der Waals surface area contributed by atoms with E-state index >= 15 is 0 Å². The summed E-state index contributed by atoms with van der Waals surface area (Å²) >= 11 is 0. The molecule has 0 aliphatic carbocycles. The number of piperidine rings is 1. The fourth-order valence-corrected chi connectivity index (χ4v) is 4.04. The molecule has 1 aliphatic rings. The van der Waals surface area contributed by atoms with E-state index in [4.69, 9.17) is 9.72 Å². The number of carbonyl (C=O) groups excluding carboxylic acids is 1. The molecule has 0 bridgehead atoms. The van der Waals surface area contributed by atoms with Gasteiger partial charge in [0.05, 0.1) is 24.3 Å². The summed E-state index contributed by atoms with van der Waals surface area (Å²) in [5.41, 5.74) is 2.85. The number of ether oxygens (including phenoxy) is 1. The summed E-state index contributed by atoms with van der Waals surface area (Å²) < 4.78 is 6.65. The minimum absolute atomic E-state index is 0.167. The van der Waals surface area contributed by atoms with Gasteiger partial charge in [0, 0.05) is 25.7 Å². The maximum atomic E-state index is 13.5. The van der Waals surface area contributed by atoms with Gasteiger partial charge in [-0.25, -0.2) is 4.98 Å². The second kappa shape index (κ2) is 9.25. The summed E-state index contributed by atoms with van der Waals surface area (Å²) in [6.07, 6.45) is 4.71. The molecule has 6 heteroatoms. The molecule has 1 aliphatic heterocycles. The van der Waals surface area contributed by atoms with Crippen molar-refractivity contribution < 1.29 is 9.53 Å². The van der Waals surface area contributed by atoms with Gasteiger partial charge >= 0.3 is 5.97 Å². The first-order valence-corrected chi connectivity index (χ1v) is 10.5. The first-order chi connectivity index (χ1) is 14.0. The largest absolute Gasteiger partial charge is 0.469 e. The third-order valence-corrected chi connectivity index (χ3v) is 5.68. The quantitative estimate of drug-likeness (QED) is 0.694. The SMILES string of the molecule is CCCC(C(=O)OC)c1c(-c2ccc(C)cc2)nc(N2CCCCC2)n(C)c1=O. The van der Waals surface area contributed by atoms with Gasteiger partial charge in [0.1, 0.15) is 0 Å². The number of nitrogens with zero attached hydrogens (tertiary/aromatic N) is 3. The van der Waals surface area contributed by atoms with Gasteiger partial charge in [0.25, 0.3) is 5.56 Å². The molecular formula is C23H31N3O3. The van der Waals surface area contributed by atoms with Gasteiger partial charge < -0.3 is 9.64 Å². The van der Waals surface area contributed by atoms with E-state index < -0.39 is 5.92 Å². The highest BCUT2D eigenvalue weighted by Crippen LogP contribution is 2.31. The Morgan fingerprint density at radius 1 is 1.17 bits per heavy atom. The number of aromatic nitrogens is 2. The fourth-order valence-electron chi connectivity index (χ4n) is 4.04. The Morgan fingerprint density at radius 3 is 2.41 bits per heavy atom. The standard InChI is InChI=1S/C23H31N3O3/c1-5-9-18(22(28)29-4)19-20(17-12-10-16(2)11-13-17)24-23(25(3)21(19)27)26-14-7-6-8-15-26/h10-13,18H,5-9,14-15H2,1-4H3. The highest BCUT2D eigenvalue weighted by molar-refractivity contribution is 5.81. The van der Waals surface area contributed by atoms with Gasteiger partial charge in [-0.3, -0.25) is 14.2 Å². The average Bonchev–Trinajstić information content (AvgIpc) is 2.75. The lowest BCUT2D eigenvalue weighted by molar-refractivity contribution is -0.142. The van der Waals surface area contributed by atoms with E-state index in [2.05, 4.69) is 4.90 Å². The molecule has 2 aromatic rings. The Kier molecular flexibility index (Phi) is 6.72. The van der Waals surface area contributed by atoms with Crippen LogP contribution in [0.1, 0.15) is 56.1 Å². The number of benzene rings is 1. The zero-order valence-corrected chi connectivity index (χ0v) is 17.9.